The zero-order valence-corrected chi connectivity index (χ0v) is 16.2. The lowest BCUT2D eigenvalue weighted by molar-refractivity contribution is -0.123. The highest BCUT2D eigenvalue weighted by Crippen LogP contribution is 2.25. The van der Waals surface area contributed by atoms with Crippen LogP contribution in [-0.2, 0) is 16.1 Å². The molecule has 0 unspecified atom stereocenters. The van der Waals surface area contributed by atoms with Crippen molar-refractivity contribution in [2.24, 2.45) is 0 Å². The normalized spacial score (nSPS) is 11.9. The summed E-state index contributed by atoms with van der Waals surface area (Å²) in [7, 11) is 1.52. The van der Waals surface area contributed by atoms with Gasteiger partial charge in [-0.3, -0.25) is 4.79 Å². The number of benzene rings is 2. The summed E-state index contributed by atoms with van der Waals surface area (Å²) in [5, 5.41) is 10.8. The van der Waals surface area contributed by atoms with Crippen LogP contribution in [0.4, 0.5) is 5.69 Å². The van der Waals surface area contributed by atoms with Crippen LogP contribution in [0.1, 0.15) is 29.8 Å². The highest BCUT2D eigenvalue weighted by atomic mass is 16.5. The Morgan fingerprint density at radius 2 is 2.00 bits per heavy atom. The van der Waals surface area contributed by atoms with E-state index >= 15 is 0 Å². The van der Waals surface area contributed by atoms with Crippen LogP contribution in [0.25, 0.3) is 11.0 Å². The van der Waals surface area contributed by atoms with Crippen LogP contribution in [-0.4, -0.2) is 40.1 Å². The molecule has 0 bridgehead atoms. The molecule has 8 nitrogen and oxygen atoms in total. The molecule has 0 aliphatic carbocycles. The van der Waals surface area contributed by atoms with E-state index in [9.17, 15) is 9.59 Å². The van der Waals surface area contributed by atoms with Crippen molar-refractivity contribution in [3.63, 3.8) is 0 Å². The lowest BCUT2D eigenvalue weighted by Gasteiger charge is -2.15. The van der Waals surface area contributed by atoms with Crippen LogP contribution in [0.15, 0.2) is 36.4 Å². The number of ether oxygens (including phenoxy) is 2. The second kappa shape index (κ2) is 8.08. The third kappa shape index (κ3) is 3.95. The van der Waals surface area contributed by atoms with E-state index in [2.05, 4.69) is 15.6 Å². The fraction of sp³-hybridized carbons (Fsp3) is 0.300. The number of rotatable bonds is 6. The quantitative estimate of drug-likeness (QED) is 0.659. The lowest BCUT2D eigenvalue weighted by atomic mass is 10.2. The fourth-order valence-corrected chi connectivity index (χ4v) is 2.77. The number of nitrogens with one attached hydrogen (secondary N) is 1. The van der Waals surface area contributed by atoms with Crippen molar-refractivity contribution in [3.8, 4) is 5.75 Å². The molecule has 1 aromatic heterocycles. The summed E-state index contributed by atoms with van der Waals surface area (Å²) < 4.78 is 12.3. The third-order valence-electron chi connectivity index (χ3n) is 4.32. The molecule has 0 aliphatic rings. The van der Waals surface area contributed by atoms with Crippen molar-refractivity contribution in [2.45, 2.75) is 33.4 Å². The Kier molecular flexibility index (Phi) is 5.58. The van der Waals surface area contributed by atoms with Gasteiger partial charge in [-0.25, -0.2) is 9.48 Å². The third-order valence-corrected chi connectivity index (χ3v) is 4.32. The average Bonchev–Trinajstić information content (AvgIpc) is 3.10. The van der Waals surface area contributed by atoms with Gasteiger partial charge in [0, 0.05) is 6.54 Å². The number of anilines is 1. The van der Waals surface area contributed by atoms with E-state index in [1.165, 1.54) is 14.0 Å². The molecule has 3 rings (SSSR count). The molecule has 1 N–H and O–H groups in total. The number of hydrogen-bond acceptors (Lipinski definition) is 6. The number of fused-ring (bicyclic) bond motifs is 1. The van der Waals surface area contributed by atoms with Crippen molar-refractivity contribution in [3.05, 3.63) is 47.5 Å². The van der Waals surface area contributed by atoms with Crippen molar-refractivity contribution >= 4 is 28.6 Å². The second-order valence-corrected chi connectivity index (χ2v) is 6.35. The molecule has 0 saturated heterocycles. The number of nitrogens with zero attached hydrogens (tertiary/aromatic N) is 3. The highest BCUT2D eigenvalue weighted by molar-refractivity contribution is 5.99. The molecule has 2 aromatic carbocycles. The second-order valence-electron chi connectivity index (χ2n) is 6.35. The van der Waals surface area contributed by atoms with E-state index in [1.54, 1.807) is 35.0 Å². The van der Waals surface area contributed by atoms with Gasteiger partial charge in [0.25, 0.3) is 5.91 Å². The molecule has 1 atom stereocenters. The van der Waals surface area contributed by atoms with Crippen LogP contribution in [0, 0.1) is 6.92 Å². The predicted molar refractivity (Wildman–Crippen MR) is 104 cm³/mol. The Bertz CT molecular complexity index is 1030. The molecular weight excluding hydrogens is 360 g/mol. The van der Waals surface area contributed by atoms with E-state index in [-0.39, 0.29) is 0 Å². The molecule has 8 heteroatoms. The van der Waals surface area contributed by atoms with Gasteiger partial charge in [0.15, 0.2) is 6.10 Å². The van der Waals surface area contributed by atoms with E-state index in [4.69, 9.17) is 9.47 Å². The first-order valence-corrected chi connectivity index (χ1v) is 8.92. The van der Waals surface area contributed by atoms with Crippen LogP contribution >= 0.6 is 0 Å². The van der Waals surface area contributed by atoms with Gasteiger partial charge >= 0.3 is 5.97 Å². The molecule has 28 heavy (non-hydrogen) atoms. The maximum Gasteiger partial charge on any atom is 0.338 e. The fourth-order valence-electron chi connectivity index (χ4n) is 2.77. The van der Waals surface area contributed by atoms with E-state index in [0.29, 0.717) is 29.1 Å². The molecule has 0 spiro atoms. The molecule has 3 aromatic rings. The molecule has 1 heterocycles. The van der Waals surface area contributed by atoms with Gasteiger partial charge < -0.3 is 14.8 Å². The number of esters is 1. The highest BCUT2D eigenvalue weighted by Gasteiger charge is 2.21. The van der Waals surface area contributed by atoms with Gasteiger partial charge in [-0.05, 0) is 56.7 Å². The monoisotopic (exact) mass is 382 g/mol. The van der Waals surface area contributed by atoms with Gasteiger partial charge in [0.2, 0.25) is 0 Å². The number of amides is 1. The average molecular weight is 382 g/mol. The number of aromatic nitrogens is 3. The molecule has 0 saturated carbocycles. The summed E-state index contributed by atoms with van der Waals surface area (Å²) in [5.41, 5.74) is 3.22. The van der Waals surface area contributed by atoms with Crippen molar-refractivity contribution in [2.75, 3.05) is 12.4 Å². The SMILES string of the molecule is CCn1nnc2cc(C(=O)O[C@@H](C)C(=O)Nc3cc(C)ccc3OC)ccc21. The summed E-state index contributed by atoms with van der Waals surface area (Å²) in [5.74, 6) is -0.524. The number of carbonyl (C=O) groups is 2. The van der Waals surface area contributed by atoms with Crippen LogP contribution in [0.3, 0.4) is 0 Å². The van der Waals surface area contributed by atoms with Gasteiger partial charge in [0.05, 0.1) is 23.9 Å². The summed E-state index contributed by atoms with van der Waals surface area (Å²) >= 11 is 0. The first-order chi connectivity index (χ1) is 13.4. The zero-order valence-electron chi connectivity index (χ0n) is 16.2. The first-order valence-electron chi connectivity index (χ1n) is 8.92. The van der Waals surface area contributed by atoms with E-state index in [0.717, 1.165) is 11.1 Å². The molecule has 0 aliphatic heterocycles. The number of carbonyl (C=O) groups excluding carboxylic acids is 2. The van der Waals surface area contributed by atoms with Crippen LogP contribution in [0.5, 0.6) is 5.75 Å². The number of methoxy groups -OCH3 is 1. The molecule has 1 amide bonds. The van der Waals surface area contributed by atoms with Gasteiger partial charge in [0.1, 0.15) is 11.3 Å². The van der Waals surface area contributed by atoms with Crippen LogP contribution in [0.2, 0.25) is 0 Å². The summed E-state index contributed by atoms with van der Waals surface area (Å²) in [4.78, 5) is 24.9. The Hall–Kier alpha value is -3.42. The minimum Gasteiger partial charge on any atom is -0.495 e. The Balaban J connectivity index is 1.70. The summed E-state index contributed by atoms with van der Waals surface area (Å²) in [6.45, 7) is 6.06. The minimum atomic E-state index is -0.986. The topological polar surface area (TPSA) is 95.3 Å². The molecular formula is C20H22N4O4. The predicted octanol–water partition coefficient (Wildman–Crippen LogP) is 2.95. The molecule has 146 valence electrons. The smallest absolute Gasteiger partial charge is 0.338 e. The van der Waals surface area contributed by atoms with Crippen molar-refractivity contribution in [1.82, 2.24) is 15.0 Å². The van der Waals surface area contributed by atoms with Gasteiger partial charge in [-0.1, -0.05) is 11.3 Å². The maximum absolute atomic E-state index is 12.4. The lowest BCUT2D eigenvalue weighted by Crippen LogP contribution is -2.30. The Labute approximate surface area is 162 Å². The minimum absolute atomic E-state index is 0.309. The Morgan fingerprint density at radius 1 is 1.21 bits per heavy atom. The van der Waals surface area contributed by atoms with E-state index in [1.807, 2.05) is 19.9 Å². The number of hydrogen-bond donors (Lipinski definition) is 1. The Morgan fingerprint density at radius 3 is 2.71 bits per heavy atom. The molecule has 0 fully saturated rings. The molecule has 0 radical (unpaired) electrons. The van der Waals surface area contributed by atoms with Crippen LogP contribution < -0.4 is 10.1 Å². The van der Waals surface area contributed by atoms with E-state index < -0.39 is 18.0 Å². The van der Waals surface area contributed by atoms with Crippen molar-refractivity contribution < 1.29 is 19.1 Å². The van der Waals surface area contributed by atoms with Gasteiger partial charge in [-0.15, -0.1) is 5.10 Å². The standard InChI is InChI=1S/C20H22N4O4/c1-5-24-17-8-7-14(11-15(17)22-23-24)20(26)28-13(3)19(25)21-16-10-12(2)6-9-18(16)27-4/h6-11,13H,5H2,1-4H3,(H,21,25)/t13-/m0/s1. The summed E-state index contributed by atoms with van der Waals surface area (Å²) in [6.07, 6.45) is -0.986. The summed E-state index contributed by atoms with van der Waals surface area (Å²) in [6, 6.07) is 10.4. The van der Waals surface area contributed by atoms with Gasteiger partial charge in [-0.2, -0.15) is 0 Å². The maximum atomic E-state index is 12.4. The first kappa shape index (κ1) is 19.3. The van der Waals surface area contributed by atoms with Crippen molar-refractivity contribution in [1.29, 1.82) is 0 Å². The number of aryl methyl sites for hydroxylation is 2. The zero-order chi connectivity index (χ0) is 20.3. The largest absolute Gasteiger partial charge is 0.495 e.